The second kappa shape index (κ2) is 6.19. The van der Waals surface area contributed by atoms with E-state index in [1.54, 1.807) is 0 Å². The fourth-order valence-corrected chi connectivity index (χ4v) is 3.91. The SMILES string of the molecule is CC(C)CCC(N)C1CCCC(S(C)(=O)=O)C1. The Labute approximate surface area is 106 Å². The van der Waals surface area contributed by atoms with E-state index >= 15 is 0 Å². The smallest absolute Gasteiger partial charge is 0.150 e. The van der Waals surface area contributed by atoms with Crippen molar-refractivity contribution in [3.05, 3.63) is 0 Å². The van der Waals surface area contributed by atoms with Crippen molar-refractivity contribution in [3.8, 4) is 0 Å². The highest BCUT2D eigenvalue weighted by Gasteiger charge is 2.31. The number of hydrogen-bond donors (Lipinski definition) is 1. The van der Waals surface area contributed by atoms with Crippen LogP contribution in [0.2, 0.25) is 0 Å². The van der Waals surface area contributed by atoms with E-state index in [2.05, 4.69) is 13.8 Å². The summed E-state index contributed by atoms with van der Waals surface area (Å²) in [5.74, 6) is 1.08. The van der Waals surface area contributed by atoms with Crippen LogP contribution in [0.25, 0.3) is 0 Å². The molecule has 1 rings (SSSR count). The quantitative estimate of drug-likeness (QED) is 0.826. The van der Waals surface area contributed by atoms with Crippen LogP contribution in [-0.4, -0.2) is 26.0 Å². The van der Waals surface area contributed by atoms with Crippen molar-refractivity contribution < 1.29 is 8.42 Å². The normalized spacial score (nSPS) is 28.3. The molecule has 4 heteroatoms. The maximum absolute atomic E-state index is 11.6. The number of sulfone groups is 1. The van der Waals surface area contributed by atoms with Crippen molar-refractivity contribution in [2.45, 2.75) is 63.7 Å². The van der Waals surface area contributed by atoms with Gasteiger partial charge in [0, 0.05) is 12.3 Å². The van der Waals surface area contributed by atoms with E-state index in [1.807, 2.05) is 0 Å². The monoisotopic (exact) mass is 261 g/mol. The molecule has 3 unspecified atom stereocenters. The average molecular weight is 261 g/mol. The molecule has 0 amide bonds. The van der Waals surface area contributed by atoms with E-state index in [1.165, 1.54) is 6.26 Å². The Kier molecular flexibility index (Phi) is 5.45. The lowest BCUT2D eigenvalue weighted by Gasteiger charge is -2.32. The van der Waals surface area contributed by atoms with Gasteiger partial charge in [0.1, 0.15) is 9.84 Å². The fraction of sp³-hybridized carbons (Fsp3) is 1.00. The third-order valence-electron chi connectivity index (χ3n) is 3.96. The molecule has 2 N–H and O–H groups in total. The molecule has 0 aromatic heterocycles. The van der Waals surface area contributed by atoms with Gasteiger partial charge in [-0.25, -0.2) is 8.42 Å². The lowest BCUT2D eigenvalue weighted by molar-refractivity contribution is 0.286. The number of nitrogens with two attached hydrogens (primary N) is 1. The van der Waals surface area contributed by atoms with Gasteiger partial charge in [0.25, 0.3) is 0 Å². The molecule has 0 radical (unpaired) electrons. The van der Waals surface area contributed by atoms with Crippen molar-refractivity contribution in [1.29, 1.82) is 0 Å². The van der Waals surface area contributed by atoms with Crippen molar-refractivity contribution in [2.75, 3.05) is 6.26 Å². The molecule has 1 aliphatic carbocycles. The lowest BCUT2D eigenvalue weighted by Crippen LogP contribution is -2.37. The van der Waals surface area contributed by atoms with Crippen LogP contribution in [0.1, 0.15) is 52.4 Å². The Morgan fingerprint density at radius 1 is 1.24 bits per heavy atom. The molecule has 102 valence electrons. The minimum atomic E-state index is -2.88. The largest absolute Gasteiger partial charge is 0.327 e. The second-order valence-electron chi connectivity index (χ2n) is 6.01. The highest BCUT2D eigenvalue weighted by molar-refractivity contribution is 7.91. The molecule has 0 aromatic rings. The van der Waals surface area contributed by atoms with E-state index in [9.17, 15) is 8.42 Å². The molecule has 1 fully saturated rings. The van der Waals surface area contributed by atoms with Crippen LogP contribution in [0.5, 0.6) is 0 Å². The third kappa shape index (κ3) is 4.96. The van der Waals surface area contributed by atoms with E-state index < -0.39 is 9.84 Å². The molecule has 0 aromatic carbocycles. The van der Waals surface area contributed by atoms with Gasteiger partial charge in [-0.05, 0) is 43.9 Å². The minimum absolute atomic E-state index is 0.147. The number of rotatable bonds is 5. The van der Waals surface area contributed by atoms with Gasteiger partial charge in [0.05, 0.1) is 5.25 Å². The average Bonchev–Trinajstić information content (AvgIpc) is 2.25. The summed E-state index contributed by atoms with van der Waals surface area (Å²) in [5.41, 5.74) is 6.21. The lowest BCUT2D eigenvalue weighted by atomic mass is 9.81. The first kappa shape index (κ1) is 15.0. The molecule has 17 heavy (non-hydrogen) atoms. The Balaban J connectivity index is 2.49. The van der Waals surface area contributed by atoms with Crippen LogP contribution < -0.4 is 5.73 Å². The van der Waals surface area contributed by atoms with Crippen molar-refractivity contribution in [1.82, 2.24) is 0 Å². The minimum Gasteiger partial charge on any atom is -0.327 e. The summed E-state index contributed by atoms with van der Waals surface area (Å²) in [7, 11) is -2.88. The van der Waals surface area contributed by atoms with Gasteiger partial charge >= 0.3 is 0 Å². The third-order valence-corrected chi connectivity index (χ3v) is 5.59. The highest BCUT2D eigenvalue weighted by Crippen LogP contribution is 2.31. The van der Waals surface area contributed by atoms with E-state index in [0.29, 0.717) is 11.8 Å². The summed E-state index contributed by atoms with van der Waals surface area (Å²) in [4.78, 5) is 0. The van der Waals surface area contributed by atoms with Crippen LogP contribution in [-0.2, 0) is 9.84 Å². The topological polar surface area (TPSA) is 60.2 Å². The van der Waals surface area contributed by atoms with Crippen LogP contribution >= 0.6 is 0 Å². The standard InChI is InChI=1S/C13H27NO2S/c1-10(2)7-8-13(14)11-5-4-6-12(9-11)17(3,15)16/h10-13H,4-9,14H2,1-3H3. The predicted octanol–water partition coefficient (Wildman–Crippen LogP) is 2.35. The molecular weight excluding hydrogens is 234 g/mol. The Morgan fingerprint density at radius 3 is 2.41 bits per heavy atom. The first-order valence-corrected chi connectivity index (χ1v) is 8.70. The Morgan fingerprint density at radius 2 is 1.88 bits per heavy atom. The van der Waals surface area contributed by atoms with Crippen molar-refractivity contribution in [3.63, 3.8) is 0 Å². The molecule has 0 bridgehead atoms. The maximum Gasteiger partial charge on any atom is 0.150 e. The second-order valence-corrected chi connectivity index (χ2v) is 8.34. The van der Waals surface area contributed by atoms with Crippen LogP contribution in [0.3, 0.4) is 0 Å². The van der Waals surface area contributed by atoms with Gasteiger partial charge in [-0.1, -0.05) is 20.3 Å². The zero-order valence-corrected chi connectivity index (χ0v) is 12.2. The van der Waals surface area contributed by atoms with Gasteiger partial charge in [0.15, 0.2) is 0 Å². The van der Waals surface area contributed by atoms with E-state index in [0.717, 1.165) is 38.5 Å². The van der Waals surface area contributed by atoms with Gasteiger partial charge in [-0.2, -0.15) is 0 Å². The first-order valence-electron chi connectivity index (χ1n) is 6.75. The summed E-state index contributed by atoms with van der Waals surface area (Å²) in [6.45, 7) is 4.40. The van der Waals surface area contributed by atoms with Gasteiger partial charge in [-0.3, -0.25) is 0 Å². The molecule has 3 atom stereocenters. The Bertz CT molecular complexity index is 324. The summed E-state index contributed by atoms with van der Waals surface area (Å²) >= 11 is 0. The fourth-order valence-electron chi connectivity index (χ4n) is 2.72. The summed E-state index contributed by atoms with van der Waals surface area (Å²) in [5, 5.41) is -0.147. The summed E-state index contributed by atoms with van der Waals surface area (Å²) in [6, 6.07) is 0.182. The molecular formula is C13H27NO2S. The molecule has 0 aliphatic heterocycles. The molecule has 1 saturated carbocycles. The van der Waals surface area contributed by atoms with Crippen molar-refractivity contribution in [2.24, 2.45) is 17.6 Å². The highest BCUT2D eigenvalue weighted by atomic mass is 32.2. The molecule has 1 aliphatic rings. The zero-order valence-electron chi connectivity index (χ0n) is 11.4. The molecule has 3 nitrogen and oxygen atoms in total. The first-order chi connectivity index (χ1) is 7.80. The van der Waals surface area contributed by atoms with Crippen LogP contribution in [0, 0.1) is 11.8 Å². The van der Waals surface area contributed by atoms with E-state index in [-0.39, 0.29) is 11.3 Å². The molecule has 0 spiro atoms. The van der Waals surface area contributed by atoms with Crippen molar-refractivity contribution >= 4 is 9.84 Å². The molecule has 0 heterocycles. The maximum atomic E-state index is 11.6. The molecule has 0 saturated heterocycles. The summed E-state index contributed by atoms with van der Waals surface area (Å²) in [6.07, 6.45) is 7.24. The van der Waals surface area contributed by atoms with E-state index in [4.69, 9.17) is 5.73 Å². The Hall–Kier alpha value is -0.0900. The van der Waals surface area contributed by atoms with Crippen LogP contribution in [0.4, 0.5) is 0 Å². The predicted molar refractivity (Wildman–Crippen MR) is 72.6 cm³/mol. The van der Waals surface area contributed by atoms with Gasteiger partial charge in [0.2, 0.25) is 0 Å². The van der Waals surface area contributed by atoms with Gasteiger partial charge < -0.3 is 5.73 Å². The number of hydrogen-bond acceptors (Lipinski definition) is 3. The summed E-state index contributed by atoms with van der Waals surface area (Å²) < 4.78 is 23.2. The zero-order chi connectivity index (χ0) is 13.1. The van der Waals surface area contributed by atoms with Gasteiger partial charge in [-0.15, -0.1) is 0 Å². The van der Waals surface area contributed by atoms with Crippen LogP contribution in [0.15, 0.2) is 0 Å².